The molecule has 0 aromatic heterocycles. The van der Waals surface area contributed by atoms with Crippen LogP contribution in [0, 0.1) is 5.92 Å². The minimum Gasteiger partial charge on any atom is -0.381 e. The number of rotatable bonds is 4. The van der Waals surface area contributed by atoms with E-state index in [4.69, 9.17) is 4.74 Å². The second kappa shape index (κ2) is 6.59. The van der Waals surface area contributed by atoms with Crippen molar-refractivity contribution >= 4 is 15.9 Å². The average Bonchev–Trinajstić information content (AvgIpc) is 2.44. The maximum Gasteiger partial charge on any atom is 0.0469 e. The van der Waals surface area contributed by atoms with Gasteiger partial charge in [-0.25, -0.2) is 0 Å². The zero-order valence-electron chi connectivity index (χ0n) is 12.1. The summed E-state index contributed by atoms with van der Waals surface area (Å²) in [6.07, 6.45) is 5.01. The van der Waals surface area contributed by atoms with Crippen molar-refractivity contribution in [3.05, 3.63) is 34.3 Å². The Balaban J connectivity index is 1.44. The third kappa shape index (κ3) is 3.44. The van der Waals surface area contributed by atoms with E-state index in [1.807, 2.05) is 0 Å². The van der Waals surface area contributed by atoms with Crippen molar-refractivity contribution in [3.63, 3.8) is 0 Å². The number of nitrogens with one attached hydrogen (secondary N) is 1. The smallest absolute Gasteiger partial charge is 0.0469 e. The summed E-state index contributed by atoms with van der Waals surface area (Å²) in [6, 6.07) is 10.2. The normalized spacial score (nSPS) is 28.9. The fourth-order valence-electron chi connectivity index (χ4n) is 3.48. The van der Waals surface area contributed by atoms with Crippen LogP contribution in [0.3, 0.4) is 0 Å². The van der Waals surface area contributed by atoms with E-state index >= 15 is 0 Å². The molecule has 1 unspecified atom stereocenters. The molecule has 1 aliphatic heterocycles. The molecule has 2 aliphatic rings. The first kappa shape index (κ1) is 14.6. The Bertz CT molecular complexity index is 421. The summed E-state index contributed by atoms with van der Waals surface area (Å²) in [7, 11) is 0. The topological polar surface area (TPSA) is 21.3 Å². The van der Waals surface area contributed by atoms with Crippen molar-refractivity contribution in [2.24, 2.45) is 5.92 Å². The number of hydrogen-bond acceptors (Lipinski definition) is 2. The molecule has 0 radical (unpaired) electrons. The SMILES string of the molecule is CC(NC1CC(c2ccc(Br)cc2)C1)C1CCOCC1. The highest BCUT2D eigenvalue weighted by Gasteiger charge is 2.32. The van der Waals surface area contributed by atoms with Crippen molar-refractivity contribution < 1.29 is 4.74 Å². The van der Waals surface area contributed by atoms with Gasteiger partial charge in [-0.05, 0) is 62.1 Å². The predicted molar refractivity (Wildman–Crippen MR) is 86.0 cm³/mol. The lowest BCUT2D eigenvalue weighted by Crippen LogP contribution is -2.48. The van der Waals surface area contributed by atoms with E-state index in [2.05, 4.69) is 52.4 Å². The molecule has 0 bridgehead atoms. The molecule has 1 aromatic rings. The summed E-state index contributed by atoms with van der Waals surface area (Å²) in [5.74, 6) is 1.55. The maximum absolute atomic E-state index is 5.45. The molecule has 1 saturated carbocycles. The molecule has 1 aromatic carbocycles. The average molecular weight is 338 g/mol. The van der Waals surface area contributed by atoms with E-state index in [1.54, 1.807) is 0 Å². The number of halogens is 1. The highest BCUT2D eigenvalue weighted by atomic mass is 79.9. The number of hydrogen-bond donors (Lipinski definition) is 1. The van der Waals surface area contributed by atoms with E-state index in [9.17, 15) is 0 Å². The van der Waals surface area contributed by atoms with E-state index < -0.39 is 0 Å². The molecule has 3 rings (SSSR count). The van der Waals surface area contributed by atoms with Crippen molar-refractivity contribution in [1.29, 1.82) is 0 Å². The highest BCUT2D eigenvalue weighted by molar-refractivity contribution is 9.10. The molecule has 1 saturated heterocycles. The predicted octanol–water partition coefficient (Wildman–Crippen LogP) is 4.10. The molecule has 1 N–H and O–H groups in total. The van der Waals surface area contributed by atoms with Crippen LogP contribution in [0.25, 0.3) is 0 Å². The highest BCUT2D eigenvalue weighted by Crippen LogP contribution is 2.38. The zero-order chi connectivity index (χ0) is 13.9. The summed E-state index contributed by atoms with van der Waals surface area (Å²) in [5.41, 5.74) is 1.49. The largest absolute Gasteiger partial charge is 0.381 e. The van der Waals surface area contributed by atoms with Crippen LogP contribution in [0.1, 0.15) is 44.1 Å². The molecule has 0 amide bonds. The zero-order valence-corrected chi connectivity index (χ0v) is 13.7. The fraction of sp³-hybridized carbons (Fsp3) is 0.647. The van der Waals surface area contributed by atoms with E-state index in [-0.39, 0.29) is 0 Å². The second-order valence-corrected chi connectivity index (χ2v) is 7.24. The third-order valence-corrected chi connectivity index (χ3v) is 5.48. The molecule has 1 atom stereocenters. The van der Waals surface area contributed by atoms with Crippen molar-refractivity contribution in [1.82, 2.24) is 5.32 Å². The summed E-state index contributed by atoms with van der Waals surface area (Å²) in [6.45, 7) is 4.24. The maximum atomic E-state index is 5.45. The Morgan fingerprint density at radius 2 is 1.80 bits per heavy atom. The third-order valence-electron chi connectivity index (χ3n) is 4.95. The lowest BCUT2D eigenvalue weighted by atomic mass is 9.75. The van der Waals surface area contributed by atoms with Gasteiger partial charge >= 0.3 is 0 Å². The fourth-order valence-corrected chi connectivity index (χ4v) is 3.75. The van der Waals surface area contributed by atoms with Crippen LogP contribution < -0.4 is 5.32 Å². The van der Waals surface area contributed by atoms with Gasteiger partial charge in [-0.3, -0.25) is 0 Å². The lowest BCUT2D eigenvalue weighted by Gasteiger charge is -2.40. The summed E-state index contributed by atoms with van der Waals surface area (Å²) < 4.78 is 6.62. The quantitative estimate of drug-likeness (QED) is 0.892. The van der Waals surface area contributed by atoms with Crippen LogP contribution >= 0.6 is 15.9 Å². The first-order chi connectivity index (χ1) is 9.72. The van der Waals surface area contributed by atoms with Crippen LogP contribution in [0.4, 0.5) is 0 Å². The summed E-state index contributed by atoms with van der Waals surface area (Å²) in [4.78, 5) is 0. The second-order valence-electron chi connectivity index (χ2n) is 6.32. The molecular formula is C17H24BrNO. The Labute approximate surface area is 130 Å². The minimum absolute atomic E-state index is 0.634. The van der Waals surface area contributed by atoms with E-state index in [0.29, 0.717) is 12.1 Å². The van der Waals surface area contributed by atoms with Gasteiger partial charge in [0, 0.05) is 29.8 Å². The Hall–Kier alpha value is -0.380. The molecule has 2 nitrogen and oxygen atoms in total. The van der Waals surface area contributed by atoms with Crippen LogP contribution in [-0.4, -0.2) is 25.3 Å². The van der Waals surface area contributed by atoms with Gasteiger partial charge in [0.25, 0.3) is 0 Å². The van der Waals surface area contributed by atoms with Gasteiger partial charge in [0.05, 0.1) is 0 Å². The molecule has 3 heteroatoms. The van der Waals surface area contributed by atoms with Crippen LogP contribution in [0.2, 0.25) is 0 Å². The molecule has 0 spiro atoms. The Morgan fingerprint density at radius 1 is 1.15 bits per heavy atom. The molecule has 1 aliphatic carbocycles. The van der Waals surface area contributed by atoms with Crippen LogP contribution in [0.15, 0.2) is 28.7 Å². The summed E-state index contributed by atoms with van der Waals surface area (Å²) >= 11 is 3.50. The summed E-state index contributed by atoms with van der Waals surface area (Å²) in [5, 5.41) is 3.83. The first-order valence-corrected chi connectivity index (χ1v) is 8.61. The molecular weight excluding hydrogens is 314 g/mol. The van der Waals surface area contributed by atoms with Gasteiger partial charge in [-0.1, -0.05) is 28.1 Å². The Morgan fingerprint density at radius 3 is 2.45 bits per heavy atom. The molecule has 1 heterocycles. The van der Waals surface area contributed by atoms with Gasteiger partial charge in [-0.2, -0.15) is 0 Å². The number of benzene rings is 1. The van der Waals surface area contributed by atoms with Crippen molar-refractivity contribution in [2.75, 3.05) is 13.2 Å². The van der Waals surface area contributed by atoms with Crippen molar-refractivity contribution in [2.45, 2.75) is 50.6 Å². The van der Waals surface area contributed by atoms with Gasteiger partial charge in [0.15, 0.2) is 0 Å². The minimum atomic E-state index is 0.634. The van der Waals surface area contributed by atoms with Crippen molar-refractivity contribution in [3.8, 4) is 0 Å². The van der Waals surface area contributed by atoms with Gasteiger partial charge in [0.2, 0.25) is 0 Å². The van der Waals surface area contributed by atoms with E-state index in [0.717, 1.165) is 25.0 Å². The van der Waals surface area contributed by atoms with Gasteiger partial charge < -0.3 is 10.1 Å². The monoisotopic (exact) mass is 337 g/mol. The molecule has 2 fully saturated rings. The first-order valence-electron chi connectivity index (χ1n) is 7.81. The Kier molecular flexibility index (Phi) is 4.79. The molecule has 110 valence electrons. The van der Waals surface area contributed by atoms with Gasteiger partial charge in [0.1, 0.15) is 0 Å². The van der Waals surface area contributed by atoms with Gasteiger partial charge in [-0.15, -0.1) is 0 Å². The van der Waals surface area contributed by atoms with Crippen LogP contribution in [-0.2, 0) is 4.74 Å². The van der Waals surface area contributed by atoms with E-state index in [1.165, 1.54) is 35.7 Å². The lowest BCUT2D eigenvalue weighted by molar-refractivity contribution is 0.0519. The molecule has 20 heavy (non-hydrogen) atoms. The standard InChI is InChI=1S/C17H24BrNO/c1-12(13-6-8-20-9-7-13)19-17-10-15(11-17)14-2-4-16(18)5-3-14/h2-5,12-13,15,17,19H,6-11H2,1H3. The number of ether oxygens (including phenoxy) is 1. The van der Waals surface area contributed by atoms with Crippen LogP contribution in [0.5, 0.6) is 0 Å².